The molecule has 4 nitrogen and oxygen atoms in total. The highest BCUT2D eigenvalue weighted by Crippen LogP contribution is 2.36. The van der Waals surface area contributed by atoms with Gasteiger partial charge in [0.05, 0.1) is 12.9 Å². The molecule has 212 valence electrons. The zero-order valence-electron chi connectivity index (χ0n) is 23.9. The van der Waals surface area contributed by atoms with Crippen LogP contribution in [0.3, 0.4) is 0 Å². The summed E-state index contributed by atoms with van der Waals surface area (Å²) in [5.41, 5.74) is 8.68. The first kappa shape index (κ1) is 28.9. The number of nitrogens with zero attached hydrogens (tertiary/aromatic N) is 1. The summed E-state index contributed by atoms with van der Waals surface area (Å²) in [7, 11) is 0. The van der Waals surface area contributed by atoms with Gasteiger partial charge in [-0.3, -0.25) is 0 Å². The van der Waals surface area contributed by atoms with Crippen molar-refractivity contribution in [2.45, 2.75) is 6.42 Å². The number of hydrogen-bond acceptors (Lipinski definition) is 4. The van der Waals surface area contributed by atoms with Crippen LogP contribution < -0.4 is 9.64 Å². The Balaban J connectivity index is 1.47. The van der Waals surface area contributed by atoms with Gasteiger partial charge in [0.1, 0.15) is 5.75 Å². The maximum Gasteiger partial charge on any atom is 0.330 e. The fraction of sp³-hybridized carbons (Fsp3) is 0.0513. The highest BCUT2D eigenvalue weighted by molar-refractivity contribution is 5.91. The van der Waals surface area contributed by atoms with E-state index in [1.54, 1.807) is 0 Å². The molecule has 0 aliphatic heterocycles. The molecule has 0 aliphatic rings. The van der Waals surface area contributed by atoms with Crippen LogP contribution >= 0.6 is 0 Å². The van der Waals surface area contributed by atoms with Crippen molar-refractivity contribution in [1.29, 1.82) is 0 Å². The first-order valence-electron chi connectivity index (χ1n) is 14.1. The molecule has 0 saturated heterocycles. The van der Waals surface area contributed by atoms with Gasteiger partial charge in [0.2, 0.25) is 0 Å². The maximum absolute atomic E-state index is 11.4. The van der Waals surface area contributed by atoms with Gasteiger partial charge in [-0.15, -0.1) is 0 Å². The summed E-state index contributed by atoms with van der Waals surface area (Å²) in [5.74, 6) is 0.308. The first-order chi connectivity index (χ1) is 21.1. The first-order valence-corrected chi connectivity index (χ1v) is 14.1. The van der Waals surface area contributed by atoms with E-state index in [9.17, 15) is 4.79 Å². The average Bonchev–Trinajstić information content (AvgIpc) is 3.07. The van der Waals surface area contributed by atoms with Crippen molar-refractivity contribution in [2.75, 3.05) is 11.5 Å². The second kappa shape index (κ2) is 14.3. The third-order valence-corrected chi connectivity index (χ3v) is 6.94. The largest absolute Gasteiger partial charge is 0.466 e. The molecule has 0 bridgehead atoms. The van der Waals surface area contributed by atoms with Crippen LogP contribution in [-0.2, 0) is 16.0 Å². The van der Waals surface area contributed by atoms with Gasteiger partial charge in [0.25, 0.3) is 0 Å². The van der Waals surface area contributed by atoms with Crippen molar-refractivity contribution >= 4 is 34.7 Å². The van der Waals surface area contributed by atoms with Crippen molar-refractivity contribution in [3.8, 4) is 5.75 Å². The topological polar surface area (TPSA) is 38.8 Å². The number of carbonyl (C=O) groups excluding carboxylic acids is 1. The fourth-order valence-electron chi connectivity index (χ4n) is 4.81. The second-order valence-corrected chi connectivity index (χ2v) is 9.78. The average molecular weight is 564 g/mol. The van der Waals surface area contributed by atoms with E-state index in [0.717, 1.165) is 39.5 Å². The zero-order valence-corrected chi connectivity index (χ0v) is 23.9. The van der Waals surface area contributed by atoms with Crippen LogP contribution in [0.25, 0.3) is 11.6 Å². The third-order valence-electron chi connectivity index (χ3n) is 6.94. The number of hydrogen-bond donors (Lipinski definition) is 0. The normalized spacial score (nSPS) is 10.3. The molecule has 0 aliphatic carbocycles. The van der Waals surface area contributed by atoms with Crippen LogP contribution in [0.1, 0.15) is 22.3 Å². The summed E-state index contributed by atoms with van der Waals surface area (Å²) >= 11 is 0. The summed E-state index contributed by atoms with van der Waals surface area (Å²) in [4.78, 5) is 13.6. The van der Waals surface area contributed by atoms with Crippen molar-refractivity contribution in [3.05, 3.63) is 181 Å². The molecule has 4 heteroatoms. The summed E-state index contributed by atoms with van der Waals surface area (Å²) in [6.07, 6.45) is 5.45. The minimum absolute atomic E-state index is 0.307. The minimum Gasteiger partial charge on any atom is -0.466 e. The highest BCUT2D eigenvalue weighted by atomic mass is 16.5. The molecule has 0 N–H and O–H groups in total. The maximum atomic E-state index is 11.4. The van der Waals surface area contributed by atoms with Crippen LogP contribution in [0.15, 0.2) is 159 Å². The van der Waals surface area contributed by atoms with Crippen LogP contribution in [-0.4, -0.2) is 12.6 Å². The van der Waals surface area contributed by atoms with Crippen molar-refractivity contribution in [2.24, 2.45) is 0 Å². The van der Waals surface area contributed by atoms with Crippen LogP contribution in [0.5, 0.6) is 5.75 Å². The van der Waals surface area contributed by atoms with Crippen molar-refractivity contribution < 1.29 is 14.3 Å². The number of rotatable bonds is 12. The zero-order chi connectivity index (χ0) is 29.9. The van der Waals surface area contributed by atoms with Gasteiger partial charge in [0.15, 0.2) is 0 Å². The van der Waals surface area contributed by atoms with Crippen molar-refractivity contribution in [3.63, 3.8) is 0 Å². The number of benzene rings is 5. The molecule has 0 heterocycles. The lowest BCUT2D eigenvalue weighted by atomic mass is 9.95. The van der Waals surface area contributed by atoms with E-state index in [1.165, 1.54) is 23.5 Å². The lowest BCUT2D eigenvalue weighted by Crippen LogP contribution is -2.10. The molecule has 5 aromatic carbocycles. The second-order valence-electron chi connectivity index (χ2n) is 9.78. The quantitative estimate of drug-likeness (QED) is 0.0656. The molecular formula is C39H33NO3. The molecule has 0 aromatic heterocycles. The Labute approximate surface area is 253 Å². The van der Waals surface area contributed by atoms with Crippen LogP contribution in [0, 0.1) is 0 Å². The standard InChI is InChI=1S/C39H33NO3/c1-3-39(41)43-28-27-30-15-19-34(20-16-30)40(36-23-25-37(26-24-36)42-4-2)35-21-17-31(18-22-35)29-38(32-11-7-5-8-12-32)33-13-9-6-10-14-33/h3-26,29H,1-2,27-28H2. The smallest absolute Gasteiger partial charge is 0.330 e. The van der Waals surface area contributed by atoms with Gasteiger partial charge in [0, 0.05) is 29.6 Å². The number of esters is 1. The van der Waals surface area contributed by atoms with Gasteiger partial charge >= 0.3 is 5.97 Å². The molecule has 43 heavy (non-hydrogen) atoms. The molecule has 5 aromatic rings. The summed E-state index contributed by atoms with van der Waals surface area (Å²) in [5, 5.41) is 0. The molecule has 0 saturated carbocycles. The molecule has 0 spiro atoms. The van der Waals surface area contributed by atoms with E-state index < -0.39 is 5.97 Å². The predicted molar refractivity (Wildman–Crippen MR) is 177 cm³/mol. The molecule has 0 radical (unpaired) electrons. The Bertz CT molecular complexity index is 1630. The Morgan fingerprint density at radius 2 is 1.16 bits per heavy atom. The van der Waals surface area contributed by atoms with Gasteiger partial charge in [-0.1, -0.05) is 98.1 Å². The predicted octanol–water partition coefficient (Wildman–Crippen LogP) is 9.54. The molecule has 0 atom stereocenters. The monoisotopic (exact) mass is 563 g/mol. The fourth-order valence-corrected chi connectivity index (χ4v) is 4.81. The summed E-state index contributed by atoms with van der Waals surface area (Å²) in [6, 6.07) is 45.6. The Hall–Kier alpha value is -5.61. The molecule has 0 unspecified atom stereocenters. The number of ether oxygens (including phenoxy) is 2. The third kappa shape index (κ3) is 7.57. The minimum atomic E-state index is -0.412. The molecule has 5 rings (SSSR count). The van der Waals surface area contributed by atoms with E-state index in [2.05, 4.69) is 121 Å². The van der Waals surface area contributed by atoms with Crippen LogP contribution in [0.2, 0.25) is 0 Å². The molecule has 0 fully saturated rings. The molecular weight excluding hydrogens is 530 g/mol. The van der Waals surface area contributed by atoms with Crippen LogP contribution in [0.4, 0.5) is 17.1 Å². The lowest BCUT2D eigenvalue weighted by Gasteiger charge is -2.26. The number of anilines is 3. The van der Waals surface area contributed by atoms with E-state index in [4.69, 9.17) is 9.47 Å². The Kier molecular flexibility index (Phi) is 9.63. The van der Waals surface area contributed by atoms with E-state index in [-0.39, 0.29) is 0 Å². The number of carbonyl (C=O) groups is 1. The van der Waals surface area contributed by atoms with Gasteiger partial charge in [-0.25, -0.2) is 4.79 Å². The van der Waals surface area contributed by atoms with Gasteiger partial charge in [-0.05, 0) is 82.4 Å². The van der Waals surface area contributed by atoms with Gasteiger partial charge < -0.3 is 14.4 Å². The van der Waals surface area contributed by atoms with Gasteiger partial charge in [-0.2, -0.15) is 0 Å². The summed E-state index contributed by atoms with van der Waals surface area (Å²) < 4.78 is 10.6. The summed E-state index contributed by atoms with van der Waals surface area (Å²) in [6.45, 7) is 7.40. The lowest BCUT2D eigenvalue weighted by molar-refractivity contribution is -0.137. The van der Waals surface area contributed by atoms with E-state index in [1.807, 2.05) is 36.4 Å². The molecule has 0 amide bonds. The van der Waals surface area contributed by atoms with E-state index >= 15 is 0 Å². The van der Waals surface area contributed by atoms with E-state index in [0.29, 0.717) is 13.0 Å². The van der Waals surface area contributed by atoms with Crippen molar-refractivity contribution in [1.82, 2.24) is 0 Å². The Morgan fingerprint density at radius 1 is 0.651 bits per heavy atom. The Morgan fingerprint density at radius 3 is 1.67 bits per heavy atom. The SMILES string of the molecule is C=COc1ccc(N(c2ccc(C=C(c3ccccc3)c3ccccc3)cc2)c2ccc(CCOC(=O)C=C)cc2)cc1. The highest BCUT2D eigenvalue weighted by Gasteiger charge is 2.13.